The number of aryl methyl sites for hydroxylation is 1. The number of benzene rings is 2. The first kappa shape index (κ1) is 21.4. The van der Waals surface area contributed by atoms with E-state index in [9.17, 15) is 17.2 Å². The van der Waals surface area contributed by atoms with Crippen LogP contribution in [-0.2, 0) is 15.8 Å². The molecule has 158 valence electrons. The lowest BCUT2D eigenvalue weighted by Crippen LogP contribution is -2.15. The molecule has 1 heterocycles. The fraction of sp³-hybridized carbons (Fsp3) is 0.200. The number of nitrogens with zero attached hydrogens (tertiary/aromatic N) is 2. The van der Waals surface area contributed by atoms with Crippen molar-refractivity contribution in [2.24, 2.45) is 0 Å². The van der Waals surface area contributed by atoms with Gasteiger partial charge in [-0.05, 0) is 55.8 Å². The number of hydrogen-bond acceptors (Lipinski definition) is 6. The Hall–Kier alpha value is -3.27. The van der Waals surface area contributed by atoms with E-state index in [1.807, 2.05) is 6.92 Å². The maximum absolute atomic E-state index is 13.3. The van der Waals surface area contributed by atoms with Crippen LogP contribution in [0.25, 0.3) is 0 Å². The van der Waals surface area contributed by atoms with Crippen LogP contribution in [0.3, 0.4) is 0 Å². The Morgan fingerprint density at radius 3 is 2.13 bits per heavy atom. The van der Waals surface area contributed by atoms with Crippen molar-refractivity contribution in [3.8, 4) is 0 Å². The molecule has 0 atom stereocenters. The summed E-state index contributed by atoms with van der Waals surface area (Å²) in [5.74, 6) is -0.296. The van der Waals surface area contributed by atoms with E-state index in [0.717, 1.165) is 18.7 Å². The van der Waals surface area contributed by atoms with Crippen molar-refractivity contribution in [2.45, 2.75) is 19.6 Å². The van der Waals surface area contributed by atoms with Crippen LogP contribution in [0.2, 0.25) is 0 Å². The zero-order valence-corrected chi connectivity index (χ0v) is 17.2. The summed E-state index contributed by atoms with van der Waals surface area (Å²) in [6, 6.07) is 11.0. The lowest BCUT2D eigenvalue weighted by molar-refractivity contribution is 0.579. The molecule has 3 aromatic rings. The van der Waals surface area contributed by atoms with Crippen molar-refractivity contribution in [3.05, 3.63) is 71.6 Å². The number of nitrogens with one attached hydrogen (secondary N) is 3. The third-order valence-electron chi connectivity index (χ3n) is 3.91. The van der Waals surface area contributed by atoms with Gasteiger partial charge in [-0.15, -0.1) is 0 Å². The number of anilines is 4. The summed E-state index contributed by atoms with van der Waals surface area (Å²) in [6.07, 6.45) is 0. The van der Waals surface area contributed by atoms with Crippen LogP contribution < -0.4 is 15.4 Å². The van der Waals surface area contributed by atoms with Crippen LogP contribution in [-0.4, -0.2) is 24.9 Å². The van der Waals surface area contributed by atoms with Crippen molar-refractivity contribution in [1.29, 1.82) is 0 Å². The summed E-state index contributed by atoms with van der Waals surface area (Å²) in [5.41, 5.74) is 1.05. The second-order valence-corrected chi connectivity index (χ2v) is 8.28. The molecule has 0 amide bonds. The Bertz CT molecular complexity index is 1120. The van der Waals surface area contributed by atoms with Gasteiger partial charge in [0.2, 0.25) is 10.0 Å². The van der Waals surface area contributed by atoms with Crippen molar-refractivity contribution in [2.75, 3.05) is 21.9 Å². The molecule has 0 bridgehead atoms. The summed E-state index contributed by atoms with van der Waals surface area (Å²) in [6.45, 7) is 4.48. The Balaban J connectivity index is 1.68. The average molecular weight is 433 g/mol. The molecular formula is C20H21F2N5O2S. The summed E-state index contributed by atoms with van der Waals surface area (Å²) < 4.78 is 53.6. The molecule has 3 N–H and O–H groups in total. The molecule has 0 saturated heterocycles. The first-order chi connectivity index (χ1) is 14.2. The van der Waals surface area contributed by atoms with Gasteiger partial charge in [-0.2, -0.15) is 0 Å². The third kappa shape index (κ3) is 6.11. The average Bonchev–Trinajstić information content (AvgIpc) is 2.61. The van der Waals surface area contributed by atoms with E-state index in [4.69, 9.17) is 0 Å². The van der Waals surface area contributed by atoms with E-state index in [1.165, 1.54) is 0 Å². The van der Waals surface area contributed by atoms with Crippen molar-refractivity contribution in [1.82, 2.24) is 9.97 Å². The zero-order chi connectivity index (χ0) is 21.7. The number of aromatic nitrogens is 2. The minimum atomic E-state index is -3.84. The van der Waals surface area contributed by atoms with Crippen LogP contribution in [0, 0.1) is 18.6 Å². The van der Waals surface area contributed by atoms with Crippen molar-refractivity contribution >= 4 is 33.0 Å². The van der Waals surface area contributed by atoms with E-state index >= 15 is 0 Å². The van der Waals surface area contributed by atoms with Gasteiger partial charge < -0.3 is 10.6 Å². The molecule has 0 fully saturated rings. The zero-order valence-electron chi connectivity index (χ0n) is 16.4. The lowest BCUT2D eigenvalue weighted by atomic mass is 10.2. The molecule has 30 heavy (non-hydrogen) atoms. The minimum Gasteiger partial charge on any atom is -0.370 e. The summed E-state index contributed by atoms with van der Waals surface area (Å²) >= 11 is 0. The van der Waals surface area contributed by atoms with Gasteiger partial charge in [-0.25, -0.2) is 27.2 Å². The fourth-order valence-corrected chi connectivity index (χ4v) is 3.98. The van der Waals surface area contributed by atoms with Crippen LogP contribution in [0.15, 0.2) is 48.5 Å². The molecule has 0 aliphatic carbocycles. The number of sulfonamides is 1. The molecule has 10 heteroatoms. The highest BCUT2D eigenvalue weighted by atomic mass is 32.2. The summed E-state index contributed by atoms with van der Waals surface area (Å²) in [4.78, 5) is 8.60. The summed E-state index contributed by atoms with van der Waals surface area (Å²) in [7, 11) is -3.84. The van der Waals surface area contributed by atoms with Gasteiger partial charge in [0.15, 0.2) is 0 Å². The van der Waals surface area contributed by atoms with Crippen LogP contribution in [0.5, 0.6) is 0 Å². The monoisotopic (exact) mass is 433 g/mol. The Morgan fingerprint density at radius 1 is 0.900 bits per heavy atom. The van der Waals surface area contributed by atoms with Crippen LogP contribution in [0.1, 0.15) is 18.3 Å². The first-order valence-corrected chi connectivity index (χ1v) is 10.8. The standard InChI is InChI=1S/C20H21F2N5O2S/c1-3-23-19-11-20(25-13(2)24-19)26-17-4-6-18(7-5-17)27-30(28,29)12-14-8-15(21)10-16(22)9-14/h4-11,27H,3,12H2,1-2H3,(H2,23,24,25,26). The van der Waals surface area contributed by atoms with Gasteiger partial charge in [0.1, 0.15) is 29.1 Å². The molecule has 2 aromatic carbocycles. The van der Waals surface area contributed by atoms with Gasteiger partial charge >= 0.3 is 0 Å². The first-order valence-electron chi connectivity index (χ1n) is 9.14. The van der Waals surface area contributed by atoms with Crippen molar-refractivity contribution < 1.29 is 17.2 Å². The molecule has 1 aromatic heterocycles. The number of hydrogen-bond donors (Lipinski definition) is 3. The van der Waals surface area contributed by atoms with Gasteiger partial charge in [0.25, 0.3) is 0 Å². The predicted octanol–water partition coefficient (Wildman–Crippen LogP) is 4.18. The Labute approximate surface area is 173 Å². The number of halogens is 2. The molecule has 0 aliphatic rings. The topological polar surface area (TPSA) is 96.0 Å². The normalized spacial score (nSPS) is 11.2. The van der Waals surface area contributed by atoms with E-state index in [0.29, 0.717) is 34.9 Å². The maximum atomic E-state index is 13.3. The molecule has 0 saturated carbocycles. The van der Waals surface area contributed by atoms with Gasteiger partial charge in [0, 0.05) is 30.1 Å². The highest BCUT2D eigenvalue weighted by Crippen LogP contribution is 2.21. The lowest BCUT2D eigenvalue weighted by Gasteiger charge is -2.11. The summed E-state index contributed by atoms with van der Waals surface area (Å²) in [5, 5.41) is 6.26. The predicted molar refractivity (Wildman–Crippen MR) is 113 cm³/mol. The molecule has 0 unspecified atom stereocenters. The van der Waals surface area contributed by atoms with Gasteiger partial charge in [-0.1, -0.05) is 0 Å². The Kier molecular flexibility index (Phi) is 6.46. The molecule has 0 radical (unpaired) electrons. The second-order valence-electron chi connectivity index (χ2n) is 6.56. The van der Waals surface area contributed by atoms with Gasteiger partial charge in [0.05, 0.1) is 5.75 Å². The van der Waals surface area contributed by atoms with E-state index in [2.05, 4.69) is 25.3 Å². The fourth-order valence-electron chi connectivity index (χ4n) is 2.80. The smallest absolute Gasteiger partial charge is 0.236 e. The maximum Gasteiger partial charge on any atom is 0.236 e. The minimum absolute atomic E-state index is 0.0221. The molecule has 3 rings (SSSR count). The molecular weight excluding hydrogens is 412 g/mol. The third-order valence-corrected chi connectivity index (χ3v) is 5.17. The molecule has 0 aliphatic heterocycles. The highest BCUT2D eigenvalue weighted by molar-refractivity contribution is 7.91. The molecule has 7 nitrogen and oxygen atoms in total. The van der Waals surface area contributed by atoms with E-state index in [1.54, 1.807) is 37.3 Å². The largest absolute Gasteiger partial charge is 0.370 e. The van der Waals surface area contributed by atoms with Crippen molar-refractivity contribution in [3.63, 3.8) is 0 Å². The van der Waals surface area contributed by atoms with Crippen LogP contribution >= 0.6 is 0 Å². The van der Waals surface area contributed by atoms with E-state index in [-0.39, 0.29) is 5.56 Å². The SMILES string of the molecule is CCNc1cc(Nc2ccc(NS(=O)(=O)Cc3cc(F)cc(F)c3)cc2)nc(C)n1. The molecule has 0 spiro atoms. The Morgan fingerprint density at radius 2 is 1.50 bits per heavy atom. The highest BCUT2D eigenvalue weighted by Gasteiger charge is 2.14. The number of rotatable bonds is 8. The van der Waals surface area contributed by atoms with Crippen LogP contribution in [0.4, 0.5) is 31.8 Å². The second kappa shape index (κ2) is 9.04. The quantitative estimate of drug-likeness (QED) is 0.493. The van der Waals surface area contributed by atoms with Gasteiger partial charge in [-0.3, -0.25) is 4.72 Å². The van der Waals surface area contributed by atoms with E-state index < -0.39 is 27.4 Å².